The molecule has 1 fully saturated rings. The normalized spacial score (nSPS) is 29.0. The maximum absolute atomic E-state index is 11.7. The average molecular weight is 356 g/mol. The fourth-order valence-corrected chi connectivity index (χ4v) is 2.40. The van der Waals surface area contributed by atoms with E-state index in [4.69, 9.17) is 9.47 Å². The highest BCUT2D eigenvalue weighted by Crippen LogP contribution is 2.25. The zero-order valence-corrected chi connectivity index (χ0v) is 13.4. The van der Waals surface area contributed by atoms with Gasteiger partial charge in [-0.15, -0.1) is 0 Å². The number of carbonyl (C=O) groups is 1. The molecule has 0 spiro atoms. The van der Waals surface area contributed by atoms with Crippen LogP contribution in [-0.4, -0.2) is 63.4 Å². The molecule has 0 aromatic heterocycles. The molecule has 2 rings (SSSR count). The van der Waals surface area contributed by atoms with Crippen molar-refractivity contribution in [3.63, 3.8) is 0 Å². The van der Waals surface area contributed by atoms with E-state index in [-0.39, 0.29) is 23.8 Å². The predicted molar refractivity (Wildman–Crippen MR) is 83.7 cm³/mol. The third kappa shape index (κ3) is 4.42. The van der Waals surface area contributed by atoms with Crippen LogP contribution >= 0.6 is 0 Å². The lowest BCUT2D eigenvalue weighted by Crippen LogP contribution is -2.65. The molecule has 0 saturated carbocycles. The molecule has 5 atom stereocenters. The molecule has 0 bridgehead atoms. The number of non-ortho nitro benzene ring substituents is 1. The Balaban J connectivity index is 2.19. The first-order chi connectivity index (χ1) is 11.9. The van der Waals surface area contributed by atoms with Crippen molar-refractivity contribution < 1.29 is 34.5 Å². The van der Waals surface area contributed by atoms with E-state index in [1.165, 1.54) is 24.3 Å². The lowest BCUT2D eigenvalue weighted by atomic mass is 9.97. The van der Waals surface area contributed by atoms with E-state index < -0.39 is 42.2 Å². The van der Waals surface area contributed by atoms with E-state index >= 15 is 0 Å². The number of nitro benzene ring substituents is 1. The number of hydrogen-bond acceptors (Lipinski definition) is 8. The minimum absolute atomic E-state index is 0.128. The summed E-state index contributed by atoms with van der Waals surface area (Å²) in [6.45, 7) is 1.05. The maximum Gasteiger partial charge on any atom is 0.269 e. The maximum atomic E-state index is 11.7. The molecule has 1 aliphatic heterocycles. The molecule has 10 heteroatoms. The fraction of sp³-hybridized carbons (Fsp3) is 0.533. The number of nitro groups is 1. The number of amides is 1. The second-order valence-corrected chi connectivity index (χ2v) is 5.52. The van der Waals surface area contributed by atoms with Crippen molar-refractivity contribution in [1.82, 2.24) is 5.32 Å². The summed E-state index contributed by atoms with van der Waals surface area (Å²) in [4.78, 5) is 21.8. The average Bonchev–Trinajstić information content (AvgIpc) is 2.61. The number of nitrogens with zero attached hydrogens (tertiary/aromatic N) is 1. The lowest BCUT2D eigenvalue weighted by Gasteiger charge is -2.42. The molecule has 1 saturated heterocycles. The molecule has 138 valence electrons. The van der Waals surface area contributed by atoms with Gasteiger partial charge in [0.25, 0.3) is 5.69 Å². The Morgan fingerprint density at radius 2 is 1.96 bits per heavy atom. The topological polar surface area (TPSA) is 151 Å². The molecular weight excluding hydrogens is 336 g/mol. The number of nitrogens with one attached hydrogen (secondary N) is 1. The summed E-state index contributed by atoms with van der Waals surface area (Å²) in [7, 11) is 0. The highest BCUT2D eigenvalue weighted by Gasteiger charge is 2.46. The Bertz CT molecular complexity index is 608. The van der Waals surface area contributed by atoms with E-state index in [0.29, 0.717) is 0 Å². The summed E-state index contributed by atoms with van der Waals surface area (Å²) in [6.07, 6.45) is -5.00. The first-order valence-electron chi connectivity index (χ1n) is 7.70. The first kappa shape index (κ1) is 19.1. The van der Waals surface area contributed by atoms with Gasteiger partial charge in [0.2, 0.25) is 12.2 Å². The summed E-state index contributed by atoms with van der Waals surface area (Å²) < 4.78 is 11.0. The van der Waals surface area contributed by atoms with Crippen LogP contribution in [0.25, 0.3) is 0 Å². The minimum Gasteiger partial charge on any atom is -0.463 e. The van der Waals surface area contributed by atoms with Crippen LogP contribution in [0.1, 0.15) is 13.3 Å². The van der Waals surface area contributed by atoms with Gasteiger partial charge >= 0.3 is 0 Å². The van der Waals surface area contributed by atoms with Crippen molar-refractivity contribution in [2.75, 3.05) is 6.61 Å². The molecule has 1 aliphatic rings. The summed E-state index contributed by atoms with van der Waals surface area (Å²) in [6, 6.07) is 4.05. The van der Waals surface area contributed by atoms with Crippen LogP contribution in [0.2, 0.25) is 0 Å². The second-order valence-electron chi connectivity index (χ2n) is 5.52. The van der Waals surface area contributed by atoms with E-state index in [1.807, 2.05) is 0 Å². The van der Waals surface area contributed by atoms with Crippen molar-refractivity contribution >= 4 is 11.6 Å². The van der Waals surface area contributed by atoms with Gasteiger partial charge < -0.3 is 30.1 Å². The largest absolute Gasteiger partial charge is 0.463 e. The van der Waals surface area contributed by atoms with E-state index in [9.17, 15) is 30.2 Å². The van der Waals surface area contributed by atoms with Gasteiger partial charge in [0, 0.05) is 18.6 Å². The molecule has 4 N–H and O–H groups in total. The minimum atomic E-state index is -1.43. The predicted octanol–water partition coefficient (Wildman–Crippen LogP) is -0.693. The van der Waals surface area contributed by atoms with Gasteiger partial charge in [-0.1, -0.05) is 6.92 Å². The third-order valence-electron chi connectivity index (χ3n) is 3.83. The summed E-state index contributed by atoms with van der Waals surface area (Å²) in [5, 5.41) is 42.6. The van der Waals surface area contributed by atoms with E-state index in [1.54, 1.807) is 6.92 Å². The van der Waals surface area contributed by atoms with E-state index in [0.717, 1.165) is 0 Å². The Morgan fingerprint density at radius 3 is 2.48 bits per heavy atom. The Hall–Kier alpha value is -2.27. The zero-order chi connectivity index (χ0) is 18.6. The number of carbonyl (C=O) groups excluding carboxylic acids is 1. The molecule has 1 aromatic rings. The van der Waals surface area contributed by atoms with Crippen LogP contribution in [0.3, 0.4) is 0 Å². The van der Waals surface area contributed by atoms with Crippen molar-refractivity contribution in [3.8, 4) is 5.75 Å². The third-order valence-corrected chi connectivity index (χ3v) is 3.83. The first-order valence-corrected chi connectivity index (χ1v) is 7.70. The van der Waals surface area contributed by atoms with Crippen LogP contribution in [-0.2, 0) is 9.53 Å². The van der Waals surface area contributed by atoms with Crippen LogP contribution in [0.15, 0.2) is 24.3 Å². The number of benzene rings is 1. The number of aliphatic hydroxyl groups excluding tert-OH is 3. The number of rotatable bonds is 6. The Kier molecular flexibility index (Phi) is 6.26. The van der Waals surface area contributed by atoms with Crippen molar-refractivity contribution in [2.24, 2.45) is 0 Å². The van der Waals surface area contributed by atoms with Gasteiger partial charge in [-0.05, 0) is 12.1 Å². The molecule has 25 heavy (non-hydrogen) atoms. The van der Waals surface area contributed by atoms with Gasteiger partial charge in [-0.25, -0.2) is 0 Å². The number of ether oxygens (including phenoxy) is 2. The number of hydrogen-bond donors (Lipinski definition) is 4. The molecule has 10 nitrogen and oxygen atoms in total. The summed E-state index contributed by atoms with van der Waals surface area (Å²) in [5.41, 5.74) is -0.128. The molecular formula is C15H20N2O8. The van der Waals surface area contributed by atoms with Crippen LogP contribution in [0.4, 0.5) is 5.69 Å². The zero-order valence-electron chi connectivity index (χ0n) is 13.4. The lowest BCUT2D eigenvalue weighted by molar-refractivity contribution is -0.384. The van der Waals surface area contributed by atoms with Crippen molar-refractivity contribution in [1.29, 1.82) is 0 Å². The SMILES string of the molecule is CCC(=O)N[C@H]1[C@H](Oc2ccc([N+](=O)[O-])cc2)O[C@H](CO)[C@@H](O)[C@@H]1O. The highest BCUT2D eigenvalue weighted by atomic mass is 16.7. The highest BCUT2D eigenvalue weighted by molar-refractivity contribution is 5.76. The van der Waals surface area contributed by atoms with Crippen LogP contribution < -0.4 is 10.1 Å². The van der Waals surface area contributed by atoms with Crippen molar-refractivity contribution in [3.05, 3.63) is 34.4 Å². The standard InChI is InChI=1S/C15H20N2O8/c1-2-11(19)16-12-14(21)13(20)10(7-18)25-15(12)24-9-5-3-8(4-6-9)17(22)23/h3-6,10,12-15,18,20-21H,2,7H2,1H3,(H,16,19)/t10-,12-,13-,14-,15-/m1/s1. The molecule has 1 aromatic carbocycles. The molecule has 0 radical (unpaired) electrons. The monoisotopic (exact) mass is 356 g/mol. The summed E-state index contributed by atoms with van der Waals surface area (Å²) >= 11 is 0. The smallest absolute Gasteiger partial charge is 0.269 e. The van der Waals surface area contributed by atoms with Crippen molar-refractivity contribution in [2.45, 2.75) is 44.0 Å². The molecule has 1 heterocycles. The van der Waals surface area contributed by atoms with Gasteiger partial charge in [0.05, 0.1) is 11.5 Å². The van der Waals surface area contributed by atoms with Gasteiger partial charge in [0.1, 0.15) is 30.1 Å². The van der Waals surface area contributed by atoms with Crippen LogP contribution in [0, 0.1) is 10.1 Å². The summed E-state index contributed by atoms with van der Waals surface area (Å²) in [5.74, 6) is -0.189. The molecule has 0 unspecified atom stereocenters. The fourth-order valence-electron chi connectivity index (χ4n) is 2.40. The van der Waals surface area contributed by atoms with Gasteiger partial charge in [-0.3, -0.25) is 14.9 Å². The number of aliphatic hydroxyl groups is 3. The Morgan fingerprint density at radius 1 is 1.32 bits per heavy atom. The Labute approximate surface area is 143 Å². The van der Waals surface area contributed by atoms with Crippen LogP contribution in [0.5, 0.6) is 5.75 Å². The van der Waals surface area contributed by atoms with Gasteiger partial charge in [0.15, 0.2) is 0 Å². The molecule has 0 aliphatic carbocycles. The van der Waals surface area contributed by atoms with E-state index in [2.05, 4.69) is 5.32 Å². The quantitative estimate of drug-likeness (QED) is 0.386. The van der Waals surface area contributed by atoms with Gasteiger partial charge in [-0.2, -0.15) is 0 Å². The second kappa shape index (κ2) is 8.21. The molecule has 1 amide bonds.